The molecule has 4 heteroatoms. The topological polar surface area (TPSA) is 55.1 Å². The maximum Gasteiger partial charge on any atom is 0.253 e. The van der Waals surface area contributed by atoms with Crippen molar-refractivity contribution in [3.05, 3.63) is 28.8 Å². The molecule has 0 saturated carbocycles. The van der Waals surface area contributed by atoms with E-state index < -0.39 is 0 Å². The SMILES string of the molecule is CCC(C)CNC(=O)c1cc(Cl)ccc1N. The molecule has 0 aromatic heterocycles. The van der Waals surface area contributed by atoms with Crippen LogP contribution in [0.1, 0.15) is 30.6 Å². The number of hydrogen-bond acceptors (Lipinski definition) is 2. The second-order valence-corrected chi connectivity index (χ2v) is 4.39. The molecule has 1 aromatic carbocycles. The van der Waals surface area contributed by atoms with Crippen LogP contribution in [0.5, 0.6) is 0 Å². The fourth-order valence-corrected chi connectivity index (χ4v) is 1.40. The van der Waals surface area contributed by atoms with E-state index in [9.17, 15) is 4.79 Å². The second kappa shape index (κ2) is 5.75. The summed E-state index contributed by atoms with van der Waals surface area (Å²) in [5.74, 6) is 0.296. The molecule has 3 N–H and O–H groups in total. The zero-order chi connectivity index (χ0) is 12.1. The van der Waals surface area contributed by atoms with Crippen LogP contribution in [0.25, 0.3) is 0 Å². The molecular weight excluding hydrogens is 224 g/mol. The van der Waals surface area contributed by atoms with Gasteiger partial charge in [0.1, 0.15) is 0 Å². The number of rotatable bonds is 4. The Morgan fingerprint density at radius 2 is 2.25 bits per heavy atom. The predicted molar refractivity (Wildman–Crippen MR) is 67.7 cm³/mol. The standard InChI is InChI=1S/C12H17ClN2O/c1-3-8(2)7-15-12(16)10-6-9(13)4-5-11(10)14/h4-6,8H,3,7,14H2,1-2H3,(H,15,16). The van der Waals surface area contributed by atoms with Crippen molar-refractivity contribution in [1.29, 1.82) is 0 Å². The molecule has 1 atom stereocenters. The third-order valence-corrected chi connectivity index (χ3v) is 2.80. The fourth-order valence-electron chi connectivity index (χ4n) is 1.23. The number of nitrogens with one attached hydrogen (secondary N) is 1. The van der Waals surface area contributed by atoms with Crippen LogP contribution >= 0.6 is 11.6 Å². The summed E-state index contributed by atoms with van der Waals surface area (Å²) in [6, 6.07) is 4.89. The quantitative estimate of drug-likeness (QED) is 0.795. The molecule has 1 unspecified atom stereocenters. The number of amides is 1. The molecule has 0 aliphatic rings. The molecule has 3 nitrogen and oxygen atoms in total. The first-order valence-electron chi connectivity index (χ1n) is 5.37. The van der Waals surface area contributed by atoms with E-state index in [0.717, 1.165) is 6.42 Å². The highest BCUT2D eigenvalue weighted by Gasteiger charge is 2.10. The van der Waals surface area contributed by atoms with Crippen molar-refractivity contribution in [2.45, 2.75) is 20.3 Å². The number of halogens is 1. The maximum absolute atomic E-state index is 11.8. The molecule has 0 heterocycles. The Kier molecular flexibility index (Phi) is 4.62. The van der Waals surface area contributed by atoms with E-state index in [1.165, 1.54) is 0 Å². The minimum absolute atomic E-state index is 0.166. The van der Waals surface area contributed by atoms with E-state index in [2.05, 4.69) is 19.2 Å². The second-order valence-electron chi connectivity index (χ2n) is 3.96. The summed E-state index contributed by atoms with van der Waals surface area (Å²) in [5.41, 5.74) is 6.60. The average Bonchev–Trinajstić information content (AvgIpc) is 2.28. The van der Waals surface area contributed by atoms with Crippen molar-refractivity contribution in [3.63, 3.8) is 0 Å². The highest BCUT2D eigenvalue weighted by Crippen LogP contribution is 2.17. The fraction of sp³-hybridized carbons (Fsp3) is 0.417. The van der Waals surface area contributed by atoms with Gasteiger partial charge >= 0.3 is 0 Å². The number of benzene rings is 1. The van der Waals surface area contributed by atoms with E-state index >= 15 is 0 Å². The number of anilines is 1. The summed E-state index contributed by atoms with van der Waals surface area (Å²) < 4.78 is 0. The third-order valence-electron chi connectivity index (χ3n) is 2.57. The molecule has 0 aliphatic carbocycles. The molecular formula is C12H17ClN2O. The molecule has 0 spiro atoms. The highest BCUT2D eigenvalue weighted by atomic mass is 35.5. The predicted octanol–water partition coefficient (Wildman–Crippen LogP) is 2.70. The molecule has 88 valence electrons. The van der Waals surface area contributed by atoms with Crippen molar-refractivity contribution in [2.24, 2.45) is 5.92 Å². The Hall–Kier alpha value is -1.22. The lowest BCUT2D eigenvalue weighted by atomic mass is 10.1. The molecule has 0 aliphatic heterocycles. The van der Waals surface area contributed by atoms with Gasteiger partial charge in [0.2, 0.25) is 0 Å². The minimum Gasteiger partial charge on any atom is -0.398 e. The molecule has 0 radical (unpaired) electrons. The molecule has 1 aromatic rings. The van der Waals surface area contributed by atoms with Crippen molar-refractivity contribution in [3.8, 4) is 0 Å². The Morgan fingerprint density at radius 3 is 2.88 bits per heavy atom. The van der Waals surface area contributed by atoms with Crippen LogP contribution in [-0.4, -0.2) is 12.5 Å². The summed E-state index contributed by atoms with van der Waals surface area (Å²) >= 11 is 5.82. The monoisotopic (exact) mass is 240 g/mol. The third kappa shape index (κ3) is 3.42. The van der Waals surface area contributed by atoms with Crippen LogP contribution in [0.15, 0.2) is 18.2 Å². The van der Waals surface area contributed by atoms with E-state index in [-0.39, 0.29) is 5.91 Å². The summed E-state index contributed by atoms with van der Waals surface area (Å²) in [6.07, 6.45) is 1.03. The summed E-state index contributed by atoms with van der Waals surface area (Å²) in [5, 5.41) is 3.36. The van der Waals surface area contributed by atoms with E-state index in [4.69, 9.17) is 17.3 Å². The molecule has 1 rings (SSSR count). The van der Waals surface area contributed by atoms with Crippen LogP contribution < -0.4 is 11.1 Å². The van der Waals surface area contributed by atoms with Gasteiger partial charge in [-0.2, -0.15) is 0 Å². The van der Waals surface area contributed by atoms with E-state index in [1.807, 2.05) is 0 Å². The number of nitrogens with two attached hydrogens (primary N) is 1. The number of nitrogen functional groups attached to an aromatic ring is 1. The summed E-state index contributed by atoms with van der Waals surface area (Å²) in [4.78, 5) is 11.8. The van der Waals surface area contributed by atoms with Gasteiger partial charge in [-0.3, -0.25) is 4.79 Å². The van der Waals surface area contributed by atoms with E-state index in [1.54, 1.807) is 18.2 Å². The van der Waals surface area contributed by atoms with Gasteiger partial charge in [0.15, 0.2) is 0 Å². The van der Waals surface area contributed by atoms with Gasteiger partial charge in [0.05, 0.1) is 5.56 Å². The number of carbonyl (C=O) groups is 1. The summed E-state index contributed by atoms with van der Waals surface area (Å²) in [6.45, 7) is 4.83. The van der Waals surface area contributed by atoms with Gasteiger partial charge in [-0.05, 0) is 24.1 Å². The minimum atomic E-state index is -0.166. The van der Waals surface area contributed by atoms with Gasteiger partial charge in [-0.25, -0.2) is 0 Å². The largest absolute Gasteiger partial charge is 0.398 e. The van der Waals surface area contributed by atoms with Crippen molar-refractivity contribution >= 4 is 23.2 Å². The molecule has 1 amide bonds. The zero-order valence-electron chi connectivity index (χ0n) is 9.59. The molecule has 0 fully saturated rings. The van der Waals surface area contributed by atoms with Crippen LogP contribution in [0.4, 0.5) is 5.69 Å². The van der Waals surface area contributed by atoms with Gasteiger partial charge in [-0.15, -0.1) is 0 Å². The van der Waals surface area contributed by atoms with Crippen molar-refractivity contribution in [2.75, 3.05) is 12.3 Å². The van der Waals surface area contributed by atoms with Gasteiger partial charge < -0.3 is 11.1 Å². The number of carbonyl (C=O) groups excluding carboxylic acids is 1. The Labute approximate surface area is 101 Å². The lowest BCUT2D eigenvalue weighted by molar-refractivity contribution is 0.0948. The Bertz CT molecular complexity index is 379. The smallest absolute Gasteiger partial charge is 0.253 e. The van der Waals surface area contributed by atoms with Gasteiger partial charge in [-0.1, -0.05) is 31.9 Å². The molecule has 16 heavy (non-hydrogen) atoms. The average molecular weight is 241 g/mol. The van der Waals surface area contributed by atoms with Gasteiger partial charge in [0, 0.05) is 17.3 Å². The maximum atomic E-state index is 11.8. The molecule has 0 saturated heterocycles. The van der Waals surface area contributed by atoms with Crippen LogP contribution in [0.2, 0.25) is 5.02 Å². The first-order valence-corrected chi connectivity index (χ1v) is 5.75. The number of hydrogen-bond donors (Lipinski definition) is 2. The van der Waals surface area contributed by atoms with Crippen molar-refractivity contribution in [1.82, 2.24) is 5.32 Å². The Balaban J connectivity index is 2.69. The normalized spacial score (nSPS) is 12.2. The summed E-state index contributed by atoms with van der Waals surface area (Å²) in [7, 11) is 0. The van der Waals surface area contributed by atoms with Crippen LogP contribution in [0, 0.1) is 5.92 Å². The lowest BCUT2D eigenvalue weighted by Crippen LogP contribution is -2.28. The van der Waals surface area contributed by atoms with E-state index in [0.29, 0.717) is 28.7 Å². The lowest BCUT2D eigenvalue weighted by Gasteiger charge is -2.11. The molecule has 0 bridgehead atoms. The first kappa shape index (κ1) is 12.8. The van der Waals surface area contributed by atoms with Crippen LogP contribution in [0.3, 0.4) is 0 Å². The van der Waals surface area contributed by atoms with Gasteiger partial charge in [0.25, 0.3) is 5.91 Å². The zero-order valence-corrected chi connectivity index (χ0v) is 10.3. The van der Waals surface area contributed by atoms with Crippen molar-refractivity contribution < 1.29 is 4.79 Å². The Morgan fingerprint density at radius 1 is 1.56 bits per heavy atom. The first-order chi connectivity index (χ1) is 7.54. The highest BCUT2D eigenvalue weighted by molar-refractivity contribution is 6.31. The van der Waals surface area contributed by atoms with Crippen LogP contribution in [-0.2, 0) is 0 Å².